The first kappa shape index (κ1) is 12.4. The fraction of sp³-hybridized carbons (Fsp3) is 0.300. The number of carbonyl (C=O) groups is 1. The molecule has 1 aromatic carbocycles. The summed E-state index contributed by atoms with van der Waals surface area (Å²) >= 11 is 0. The van der Waals surface area contributed by atoms with Gasteiger partial charge in [0.1, 0.15) is 5.75 Å². The van der Waals surface area contributed by atoms with E-state index in [2.05, 4.69) is 15.1 Å². The normalized spacial score (nSPS) is 10.2. The minimum Gasteiger partial charge on any atom is -0.435 e. The van der Waals surface area contributed by atoms with E-state index in [-0.39, 0.29) is 18.1 Å². The van der Waals surface area contributed by atoms with Gasteiger partial charge in [-0.2, -0.15) is 8.78 Å². The van der Waals surface area contributed by atoms with E-state index in [0.717, 1.165) is 0 Å². The third-order valence-corrected chi connectivity index (χ3v) is 1.73. The van der Waals surface area contributed by atoms with Crippen LogP contribution in [0.1, 0.15) is 5.56 Å². The van der Waals surface area contributed by atoms with Crippen molar-refractivity contribution >= 4 is 5.91 Å². The summed E-state index contributed by atoms with van der Waals surface area (Å²) in [5.41, 5.74) is 2.83. The van der Waals surface area contributed by atoms with Crippen molar-refractivity contribution in [2.45, 2.75) is 13.0 Å². The Morgan fingerprint density at radius 3 is 2.50 bits per heavy atom. The average molecular weight is 231 g/mol. The Bertz CT molecular complexity index is 340. The van der Waals surface area contributed by atoms with Gasteiger partial charge in [0, 0.05) is 0 Å². The van der Waals surface area contributed by atoms with E-state index in [9.17, 15) is 13.6 Å². The molecule has 0 spiro atoms. The number of ether oxygens (including phenoxy) is 1. The smallest absolute Gasteiger partial charge is 0.387 e. The Morgan fingerprint density at radius 1 is 1.38 bits per heavy atom. The standard InChI is InChI=1S/C10H11F2NO3/c1-15-13-9(14)6-7-2-4-8(5-3-7)16-10(11)12/h2-5,10H,6H2,1H3,(H,13,14). The molecule has 0 saturated heterocycles. The van der Waals surface area contributed by atoms with Crippen molar-refractivity contribution in [3.8, 4) is 5.75 Å². The van der Waals surface area contributed by atoms with Crippen LogP contribution in [0.5, 0.6) is 5.75 Å². The molecule has 4 nitrogen and oxygen atoms in total. The van der Waals surface area contributed by atoms with E-state index in [1.165, 1.54) is 31.4 Å². The van der Waals surface area contributed by atoms with Crippen molar-refractivity contribution in [1.29, 1.82) is 0 Å². The molecular formula is C10H11F2NO3. The lowest BCUT2D eigenvalue weighted by Gasteiger charge is -2.05. The van der Waals surface area contributed by atoms with Gasteiger partial charge in [-0.25, -0.2) is 5.48 Å². The molecule has 6 heteroatoms. The number of nitrogens with one attached hydrogen (secondary N) is 1. The van der Waals surface area contributed by atoms with Gasteiger partial charge in [-0.15, -0.1) is 0 Å². The molecule has 1 amide bonds. The number of benzene rings is 1. The van der Waals surface area contributed by atoms with Crippen LogP contribution in [0.3, 0.4) is 0 Å². The van der Waals surface area contributed by atoms with E-state index in [4.69, 9.17) is 0 Å². The first-order valence-electron chi connectivity index (χ1n) is 4.47. The summed E-state index contributed by atoms with van der Waals surface area (Å²) < 4.78 is 27.8. The number of hydroxylamine groups is 1. The summed E-state index contributed by atoms with van der Waals surface area (Å²) in [6.45, 7) is -2.84. The molecule has 0 saturated carbocycles. The maximum atomic E-state index is 11.8. The van der Waals surface area contributed by atoms with Crippen LogP contribution in [-0.2, 0) is 16.1 Å². The van der Waals surface area contributed by atoms with Crippen LogP contribution < -0.4 is 10.2 Å². The summed E-state index contributed by atoms with van der Waals surface area (Å²) in [5.74, 6) is -0.254. The highest BCUT2D eigenvalue weighted by atomic mass is 19.3. The van der Waals surface area contributed by atoms with E-state index in [1.807, 2.05) is 0 Å². The van der Waals surface area contributed by atoms with Gasteiger partial charge >= 0.3 is 6.61 Å². The van der Waals surface area contributed by atoms with Gasteiger partial charge in [0.25, 0.3) is 0 Å². The van der Waals surface area contributed by atoms with Crippen molar-refractivity contribution < 1.29 is 23.1 Å². The number of hydrogen-bond acceptors (Lipinski definition) is 3. The predicted octanol–water partition coefficient (Wildman–Crippen LogP) is 1.51. The highest BCUT2D eigenvalue weighted by Gasteiger charge is 2.05. The topological polar surface area (TPSA) is 47.6 Å². The van der Waals surface area contributed by atoms with Gasteiger partial charge in [-0.3, -0.25) is 9.63 Å². The maximum Gasteiger partial charge on any atom is 0.387 e. The second kappa shape index (κ2) is 6.02. The molecule has 88 valence electrons. The molecule has 0 bridgehead atoms. The van der Waals surface area contributed by atoms with E-state index in [1.54, 1.807) is 0 Å². The molecule has 0 radical (unpaired) electrons. The first-order chi connectivity index (χ1) is 7.61. The van der Waals surface area contributed by atoms with Crippen LogP contribution in [0.2, 0.25) is 0 Å². The van der Waals surface area contributed by atoms with Gasteiger partial charge < -0.3 is 4.74 Å². The summed E-state index contributed by atoms with van der Waals surface area (Å²) in [6, 6.07) is 5.82. The Hall–Kier alpha value is -1.69. The number of alkyl halides is 2. The number of hydrogen-bond donors (Lipinski definition) is 1. The van der Waals surface area contributed by atoms with Crippen LogP contribution >= 0.6 is 0 Å². The molecular weight excluding hydrogens is 220 g/mol. The molecule has 0 unspecified atom stereocenters. The van der Waals surface area contributed by atoms with E-state index in [0.29, 0.717) is 5.56 Å². The van der Waals surface area contributed by atoms with Crippen LogP contribution in [0, 0.1) is 0 Å². The fourth-order valence-corrected chi connectivity index (χ4v) is 1.12. The van der Waals surface area contributed by atoms with Crippen molar-refractivity contribution in [2.24, 2.45) is 0 Å². The lowest BCUT2D eigenvalue weighted by molar-refractivity contribution is -0.130. The largest absolute Gasteiger partial charge is 0.435 e. The van der Waals surface area contributed by atoms with Crippen molar-refractivity contribution in [1.82, 2.24) is 5.48 Å². The van der Waals surface area contributed by atoms with Crippen molar-refractivity contribution in [3.63, 3.8) is 0 Å². The molecule has 16 heavy (non-hydrogen) atoms. The van der Waals surface area contributed by atoms with Crippen molar-refractivity contribution in [3.05, 3.63) is 29.8 Å². The quantitative estimate of drug-likeness (QED) is 0.781. The molecule has 0 aromatic heterocycles. The summed E-state index contributed by atoms with van der Waals surface area (Å²) in [7, 11) is 1.33. The molecule has 1 rings (SSSR count). The second-order valence-corrected chi connectivity index (χ2v) is 2.93. The third kappa shape index (κ3) is 4.22. The average Bonchev–Trinajstić information content (AvgIpc) is 2.20. The lowest BCUT2D eigenvalue weighted by atomic mass is 10.1. The van der Waals surface area contributed by atoms with Crippen LogP contribution in [0.15, 0.2) is 24.3 Å². The van der Waals surface area contributed by atoms with Gasteiger partial charge in [0.05, 0.1) is 13.5 Å². The van der Waals surface area contributed by atoms with Crippen molar-refractivity contribution in [2.75, 3.05) is 7.11 Å². The highest BCUT2D eigenvalue weighted by Crippen LogP contribution is 2.15. The number of rotatable bonds is 5. The van der Waals surface area contributed by atoms with E-state index < -0.39 is 6.61 Å². The Labute approximate surface area is 91.1 Å². The minimum absolute atomic E-state index is 0.0610. The zero-order valence-corrected chi connectivity index (χ0v) is 8.57. The zero-order valence-electron chi connectivity index (χ0n) is 8.57. The van der Waals surface area contributed by atoms with Gasteiger partial charge in [0.15, 0.2) is 0 Å². The number of halogens is 2. The minimum atomic E-state index is -2.84. The Kier molecular flexibility index (Phi) is 4.65. The third-order valence-electron chi connectivity index (χ3n) is 1.73. The lowest BCUT2D eigenvalue weighted by Crippen LogP contribution is -2.23. The SMILES string of the molecule is CONC(=O)Cc1ccc(OC(F)F)cc1. The molecule has 0 atom stereocenters. The molecule has 1 N–H and O–H groups in total. The predicted molar refractivity (Wildman–Crippen MR) is 51.9 cm³/mol. The molecule has 0 aliphatic heterocycles. The first-order valence-corrected chi connectivity index (χ1v) is 4.47. The fourth-order valence-electron chi connectivity index (χ4n) is 1.12. The maximum absolute atomic E-state index is 11.8. The summed E-state index contributed by atoms with van der Waals surface area (Å²) in [4.78, 5) is 15.5. The Morgan fingerprint density at radius 2 is 2.00 bits per heavy atom. The molecule has 0 heterocycles. The van der Waals surface area contributed by atoms with E-state index >= 15 is 0 Å². The van der Waals surface area contributed by atoms with Crippen LogP contribution in [0.25, 0.3) is 0 Å². The van der Waals surface area contributed by atoms with Gasteiger partial charge in [0.2, 0.25) is 5.91 Å². The summed E-state index contributed by atoms with van der Waals surface area (Å²) in [6.07, 6.45) is 0.114. The molecule has 0 fully saturated rings. The second-order valence-electron chi connectivity index (χ2n) is 2.93. The van der Waals surface area contributed by atoms with Crippen LogP contribution in [0.4, 0.5) is 8.78 Å². The number of amides is 1. The van der Waals surface area contributed by atoms with Crippen LogP contribution in [-0.4, -0.2) is 19.6 Å². The molecule has 0 aliphatic carbocycles. The molecule has 0 aliphatic rings. The van der Waals surface area contributed by atoms with Gasteiger partial charge in [-0.1, -0.05) is 12.1 Å². The van der Waals surface area contributed by atoms with Gasteiger partial charge in [-0.05, 0) is 17.7 Å². The number of carbonyl (C=O) groups excluding carboxylic acids is 1. The zero-order chi connectivity index (χ0) is 12.0. The summed E-state index contributed by atoms with van der Waals surface area (Å²) in [5, 5.41) is 0. The highest BCUT2D eigenvalue weighted by molar-refractivity contribution is 5.77. The monoisotopic (exact) mass is 231 g/mol. The molecule has 1 aromatic rings. The Balaban J connectivity index is 2.54.